The largest absolute Gasteiger partial charge is 0.0879 e. The van der Waals surface area contributed by atoms with Crippen LogP contribution in [-0.4, -0.2) is 0 Å². The van der Waals surface area contributed by atoms with Crippen LogP contribution in [0.25, 0.3) is 0 Å². The van der Waals surface area contributed by atoms with Gasteiger partial charge in [0.15, 0.2) is 0 Å². The molecule has 2 atom stereocenters. The average Bonchev–Trinajstić information content (AvgIpc) is 2.39. The van der Waals surface area contributed by atoms with Gasteiger partial charge in [0.05, 0.1) is 0 Å². The van der Waals surface area contributed by atoms with Crippen molar-refractivity contribution in [2.75, 3.05) is 0 Å². The third-order valence-electron chi connectivity index (χ3n) is 6.31. The first-order valence-electron chi connectivity index (χ1n) is 8.56. The highest BCUT2D eigenvalue weighted by atomic mass is 14.5. The van der Waals surface area contributed by atoms with Crippen molar-refractivity contribution >= 4 is 0 Å². The zero-order chi connectivity index (χ0) is 15.6. The summed E-state index contributed by atoms with van der Waals surface area (Å²) in [5.74, 6) is 1.89. The summed E-state index contributed by atoms with van der Waals surface area (Å²) in [6, 6.07) is 0. The fourth-order valence-corrected chi connectivity index (χ4v) is 4.12. The molecule has 0 amide bonds. The van der Waals surface area contributed by atoms with Gasteiger partial charge < -0.3 is 0 Å². The van der Waals surface area contributed by atoms with Crippen molar-refractivity contribution in [3.05, 3.63) is 23.3 Å². The van der Waals surface area contributed by atoms with Crippen molar-refractivity contribution in [1.82, 2.24) is 0 Å². The molecule has 0 spiro atoms. The highest BCUT2D eigenvalue weighted by molar-refractivity contribution is 5.23. The molecule has 2 rings (SSSR count). The summed E-state index contributed by atoms with van der Waals surface area (Å²) >= 11 is 0. The van der Waals surface area contributed by atoms with Crippen LogP contribution in [0.3, 0.4) is 0 Å². The van der Waals surface area contributed by atoms with E-state index in [1.807, 2.05) is 0 Å². The lowest BCUT2D eigenvalue weighted by molar-refractivity contribution is 0.160. The van der Waals surface area contributed by atoms with Crippen molar-refractivity contribution in [3.8, 4) is 0 Å². The number of hydrogen-bond acceptors (Lipinski definition) is 0. The first-order valence-corrected chi connectivity index (χ1v) is 8.56. The van der Waals surface area contributed by atoms with Gasteiger partial charge in [0.1, 0.15) is 0 Å². The molecule has 2 aliphatic carbocycles. The second-order valence-corrected chi connectivity index (χ2v) is 7.69. The summed E-state index contributed by atoms with van der Waals surface area (Å²) in [4.78, 5) is 0. The molecule has 2 saturated carbocycles. The molecule has 0 radical (unpaired) electrons. The average molecular weight is 277 g/mol. The maximum Gasteiger partial charge on any atom is -0.0113 e. The fraction of sp³-hybridized carbons (Fsp3) is 0.800. The summed E-state index contributed by atoms with van der Waals surface area (Å²) in [5.41, 5.74) is 4.34. The van der Waals surface area contributed by atoms with E-state index in [1.165, 1.54) is 25.7 Å². The lowest BCUT2D eigenvalue weighted by Gasteiger charge is -2.47. The number of rotatable bonds is 2. The zero-order valence-corrected chi connectivity index (χ0v) is 15.1. The molecule has 0 bridgehead atoms. The van der Waals surface area contributed by atoms with Crippen molar-refractivity contribution in [2.24, 2.45) is 22.7 Å². The minimum atomic E-state index is 0.517. The summed E-state index contributed by atoms with van der Waals surface area (Å²) < 4.78 is 0. The van der Waals surface area contributed by atoms with Gasteiger partial charge in [-0.25, -0.2) is 0 Å². The van der Waals surface area contributed by atoms with E-state index >= 15 is 0 Å². The van der Waals surface area contributed by atoms with Gasteiger partial charge in [-0.3, -0.25) is 0 Å². The van der Waals surface area contributed by atoms with E-state index < -0.39 is 0 Å². The van der Waals surface area contributed by atoms with E-state index in [9.17, 15) is 0 Å². The summed E-state index contributed by atoms with van der Waals surface area (Å²) in [6.45, 7) is 18.3. The normalized spacial score (nSPS) is 34.0. The van der Waals surface area contributed by atoms with Crippen LogP contribution in [0.5, 0.6) is 0 Å². The van der Waals surface area contributed by atoms with E-state index in [4.69, 9.17) is 0 Å². The van der Waals surface area contributed by atoms with Crippen molar-refractivity contribution in [1.29, 1.82) is 0 Å². The summed E-state index contributed by atoms with van der Waals surface area (Å²) in [7, 11) is 0. The van der Waals surface area contributed by atoms with Crippen molar-refractivity contribution < 1.29 is 0 Å². The quantitative estimate of drug-likeness (QED) is 0.488. The molecular formula is C20H36. The van der Waals surface area contributed by atoms with Crippen LogP contribution in [-0.2, 0) is 0 Å². The second kappa shape index (κ2) is 6.50. The van der Waals surface area contributed by atoms with Crippen LogP contribution in [0.15, 0.2) is 23.3 Å². The van der Waals surface area contributed by atoms with Crippen molar-refractivity contribution in [3.63, 3.8) is 0 Å². The smallest absolute Gasteiger partial charge is 0.0113 e. The molecule has 0 aromatic carbocycles. The Morgan fingerprint density at radius 2 is 1.10 bits per heavy atom. The Bertz CT molecular complexity index is 341. The third-order valence-corrected chi connectivity index (χ3v) is 6.31. The van der Waals surface area contributed by atoms with Crippen LogP contribution in [0, 0.1) is 22.7 Å². The monoisotopic (exact) mass is 276 g/mol. The Hall–Kier alpha value is -0.520. The first-order chi connectivity index (χ1) is 9.25. The molecule has 0 N–H and O–H groups in total. The topological polar surface area (TPSA) is 0 Å². The molecule has 0 heteroatoms. The van der Waals surface area contributed by atoms with E-state index in [0.29, 0.717) is 10.8 Å². The lowest BCUT2D eigenvalue weighted by Crippen LogP contribution is -2.36. The molecule has 0 saturated heterocycles. The van der Waals surface area contributed by atoms with E-state index in [2.05, 4.69) is 67.5 Å². The van der Waals surface area contributed by atoms with Gasteiger partial charge in [-0.15, -0.1) is 0 Å². The predicted octanol–water partition coefficient (Wildman–Crippen LogP) is 6.78. The Morgan fingerprint density at radius 1 is 0.800 bits per heavy atom. The highest BCUT2D eigenvalue weighted by Gasteiger charge is 2.41. The second-order valence-electron chi connectivity index (χ2n) is 7.69. The molecule has 0 nitrogen and oxygen atoms in total. The molecular weight excluding hydrogens is 240 g/mol. The molecule has 0 aromatic heterocycles. The minimum Gasteiger partial charge on any atom is -0.0879 e. The van der Waals surface area contributed by atoms with Gasteiger partial charge in [-0.1, -0.05) is 77.7 Å². The maximum absolute atomic E-state index is 2.36. The van der Waals surface area contributed by atoms with Crippen LogP contribution in [0.4, 0.5) is 0 Å². The van der Waals surface area contributed by atoms with E-state index in [-0.39, 0.29) is 0 Å². The minimum absolute atomic E-state index is 0.517. The van der Waals surface area contributed by atoms with Gasteiger partial charge in [0.2, 0.25) is 0 Å². The van der Waals surface area contributed by atoms with Gasteiger partial charge in [0, 0.05) is 0 Å². The predicted molar refractivity (Wildman–Crippen MR) is 91.9 cm³/mol. The molecule has 0 aliphatic heterocycles. The van der Waals surface area contributed by atoms with Gasteiger partial charge >= 0.3 is 0 Å². The summed E-state index contributed by atoms with van der Waals surface area (Å²) in [5, 5.41) is 0. The van der Waals surface area contributed by atoms with Crippen LogP contribution in [0.1, 0.15) is 81.1 Å². The van der Waals surface area contributed by atoms with Gasteiger partial charge in [-0.2, -0.15) is 0 Å². The fourth-order valence-electron chi connectivity index (χ4n) is 4.12. The van der Waals surface area contributed by atoms with Crippen LogP contribution < -0.4 is 0 Å². The Labute approximate surface area is 127 Å². The number of hydrogen-bond donors (Lipinski definition) is 0. The molecule has 2 fully saturated rings. The van der Waals surface area contributed by atoms with Gasteiger partial charge in [-0.05, 0) is 49.4 Å². The van der Waals surface area contributed by atoms with E-state index in [1.54, 1.807) is 11.1 Å². The zero-order valence-electron chi connectivity index (χ0n) is 15.1. The van der Waals surface area contributed by atoms with E-state index in [0.717, 1.165) is 11.8 Å². The Morgan fingerprint density at radius 3 is 1.25 bits per heavy atom. The van der Waals surface area contributed by atoms with Crippen LogP contribution in [0.2, 0.25) is 0 Å². The number of allylic oxidation sites excluding steroid dienone is 4. The third kappa shape index (κ3) is 3.05. The lowest BCUT2D eigenvalue weighted by atomic mass is 9.58. The molecule has 2 aliphatic rings. The molecule has 0 heterocycles. The highest BCUT2D eigenvalue weighted by Crippen LogP contribution is 2.52. The van der Waals surface area contributed by atoms with Crippen molar-refractivity contribution in [2.45, 2.75) is 81.1 Å². The molecule has 2 unspecified atom stereocenters. The molecule has 20 heavy (non-hydrogen) atoms. The maximum atomic E-state index is 2.36. The molecule has 0 aromatic rings. The first kappa shape index (κ1) is 17.5. The SMILES string of the molecule is CC=C1CC(CC)C1(C)C.CC=C1CC(CC)C1(C)C. The Kier molecular flexibility index (Phi) is 5.70. The molecule has 116 valence electrons. The van der Waals surface area contributed by atoms with Gasteiger partial charge in [0.25, 0.3) is 0 Å². The van der Waals surface area contributed by atoms with Crippen LogP contribution >= 0.6 is 0 Å². The standard InChI is InChI=1S/2C10H18/c2*1-5-8-7-9(6-2)10(8,3)4/h2*5,9H,6-7H2,1-4H3. The Balaban J connectivity index is 0.000000200. The summed E-state index contributed by atoms with van der Waals surface area (Å²) in [6.07, 6.45) is 9.94.